The molecule has 0 bridgehead atoms. The number of likely N-dealkylation sites (N-methyl/N-ethyl adjacent to an activating group) is 1. The van der Waals surface area contributed by atoms with Crippen LogP contribution in [0.25, 0.3) is 33.3 Å². The summed E-state index contributed by atoms with van der Waals surface area (Å²) >= 11 is 0. The van der Waals surface area contributed by atoms with E-state index in [9.17, 15) is 41.4 Å². The van der Waals surface area contributed by atoms with Crippen molar-refractivity contribution < 1.29 is 46.1 Å². The summed E-state index contributed by atoms with van der Waals surface area (Å²) in [6.07, 6.45) is 12.6. The second kappa shape index (κ2) is 23.9. The van der Waals surface area contributed by atoms with Gasteiger partial charge in [0.2, 0.25) is 12.3 Å². The molecule has 0 radical (unpaired) electrons. The number of benzene rings is 3. The lowest BCUT2D eigenvalue weighted by atomic mass is 9.88. The Balaban J connectivity index is 0.000000236. The second-order valence-electron chi connectivity index (χ2n) is 18.5. The smallest absolute Gasteiger partial charge is 0.330 e. The zero-order chi connectivity index (χ0) is 53.4. The lowest BCUT2D eigenvalue weighted by Crippen LogP contribution is -2.48. The SMILES string of the molecule is CC(Oc1cc(-c2nn(C)c3c(-c4cnn(C5CCN(C=O)CC5)c4)cnc(N)c23)ccc1NS(=O)C(F)F)c1ccc(F)cc1.CC1CCC1.CNC(=O)C(CCC=O)N1C(=O)c2ccc(N(C)C)cc2C1=O. The zero-order valence-corrected chi connectivity index (χ0v) is 42.8. The minimum atomic E-state index is -3.13. The highest BCUT2D eigenvalue weighted by atomic mass is 32.2. The number of carbonyl (C=O) groups excluding carboxylic acids is 5. The Kier molecular flexibility index (Phi) is 17.5. The summed E-state index contributed by atoms with van der Waals surface area (Å²) in [5, 5.41) is 12.4. The molecule has 1 aliphatic carbocycles. The maximum Gasteiger partial charge on any atom is 0.330 e. The van der Waals surface area contributed by atoms with Gasteiger partial charge in [0.1, 0.15) is 41.5 Å². The summed E-state index contributed by atoms with van der Waals surface area (Å²) in [4.78, 5) is 67.9. The highest BCUT2D eigenvalue weighted by Crippen LogP contribution is 2.41. The van der Waals surface area contributed by atoms with Crippen molar-refractivity contribution >= 4 is 69.5 Å². The molecule has 3 atom stereocenters. The second-order valence-corrected chi connectivity index (χ2v) is 19.7. The fraction of sp³-hybridized carbons (Fsp3) is 0.385. The van der Waals surface area contributed by atoms with Gasteiger partial charge >= 0.3 is 5.76 Å². The van der Waals surface area contributed by atoms with Gasteiger partial charge < -0.3 is 30.4 Å². The molecule has 5 heterocycles. The van der Waals surface area contributed by atoms with Gasteiger partial charge in [-0.3, -0.25) is 38.2 Å². The maximum absolute atomic E-state index is 13.5. The molecular weight excluding hydrogens is 980 g/mol. The molecule has 18 nitrogen and oxygen atoms in total. The molecule has 74 heavy (non-hydrogen) atoms. The van der Waals surface area contributed by atoms with E-state index in [0.29, 0.717) is 47.1 Å². The molecule has 2 aliphatic heterocycles. The Labute approximate surface area is 429 Å². The molecule has 1 saturated carbocycles. The third-order valence-electron chi connectivity index (χ3n) is 13.3. The number of hydrogen-bond donors (Lipinski definition) is 3. The van der Waals surface area contributed by atoms with Crippen molar-refractivity contribution in [2.45, 2.75) is 82.7 Å². The van der Waals surface area contributed by atoms with Crippen LogP contribution in [0.4, 0.5) is 30.4 Å². The van der Waals surface area contributed by atoms with Crippen molar-refractivity contribution in [2.24, 2.45) is 13.0 Å². The number of alkyl halides is 2. The number of rotatable bonds is 16. The van der Waals surface area contributed by atoms with Crippen molar-refractivity contribution in [3.05, 3.63) is 102 Å². The fourth-order valence-corrected chi connectivity index (χ4v) is 9.34. The van der Waals surface area contributed by atoms with E-state index in [4.69, 9.17) is 15.6 Å². The molecule has 22 heteroatoms. The van der Waals surface area contributed by atoms with Gasteiger partial charge in [0.15, 0.2) is 11.0 Å². The Morgan fingerprint density at radius 1 is 0.959 bits per heavy atom. The highest BCUT2D eigenvalue weighted by Gasteiger charge is 2.42. The molecule has 2 fully saturated rings. The van der Waals surface area contributed by atoms with Crippen molar-refractivity contribution in [3.63, 3.8) is 0 Å². The van der Waals surface area contributed by atoms with Crippen LogP contribution in [0.3, 0.4) is 0 Å². The lowest BCUT2D eigenvalue weighted by Gasteiger charge is -2.29. The van der Waals surface area contributed by atoms with Gasteiger partial charge in [-0.25, -0.2) is 13.6 Å². The van der Waals surface area contributed by atoms with E-state index in [-0.39, 0.29) is 47.3 Å². The maximum atomic E-state index is 13.5. The number of fused-ring (bicyclic) bond motifs is 2. The van der Waals surface area contributed by atoms with Gasteiger partial charge in [-0.05, 0) is 80.1 Å². The molecule has 3 unspecified atom stereocenters. The number of nitrogens with one attached hydrogen (secondary N) is 2. The molecule has 0 spiro atoms. The van der Waals surface area contributed by atoms with Crippen LogP contribution in [0.2, 0.25) is 0 Å². The Morgan fingerprint density at radius 2 is 1.65 bits per heavy atom. The first kappa shape index (κ1) is 54.2. The topological polar surface area (TPSA) is 220 Å². The van der Waals surface area contributed by atoms with Gasteiger partial charge in [0.25, 0.3) is 11.8 Å². The Bertz CT molecular complexity index is 3030. The van der Waals surface area contributed by atoms with E-state index in [1.165, 1.54) is 44.5 Å². The van der Waals surface area contributed by atoms with Crippen molar-refractivity contribution in [1.29, 1.82) is 0 Å². The molecule has 4 amide bonds. The van der Waals surface area contributed by atoms with Crippen LogP contribution in [-0.2, 0) is 32.4 Å². The first-order chi connectivity index (χ1) is 35.4. The number of piperidine rings is 1. The molecule has 392 valence electrons. The number of hydrogen-bond acceptors (Lipinski definition) is 12. The van der Waals surface area contributed by atoms with Gasteiger partial charge in [-0.2, -0.15) is 19.0 Å². The average molecular weight is 1040 g/mol. The van der Waals surface area contributed by atoms with Gasteiger partial charge in [-0.15, -0.1) is 0 Å². The van der Waals surface area contributed by atoms with Gasteiger partial charge in [0.05, 0.1) is 40.0 Å². The molecular formula is C52H60F3N11O7S. The minimum Gasteiger partial charge on any atom is -0.484 e. The largest absolute Gasteiger partial charge is 0.484 e. The van der Waals surface area contributed by atoms with Crippen LogP contribution in [0, 0.1) is 11.7 Å². The predicted octanol–water partition coefficient (Wildman–Crippen LogP) is 7.70. The first-order valence-electron chi connectivity index (χ1n) is 24.2. The number of imide groups is 1. The number of nitrogen functional groups attached to an aromatic ring is 1. The number of aldehydes is 1. The summed E-state index contributed by atoms with van der Waals surface area (Å²) in [5.74, 6) is -3.58. The summed E-state index contributed by atoms with van der Waals surface area (Å²) < 4.78 is 64.0. The van der Waals surface area contributed by atoms with Crippen molar-refractivity contribution in [1.82, 2.24) is 39.7 Å². The fourth-order valence-electron chi connectivity index (χ4n) is 8.87. The van der Waals surface area contributed by atoms with E-state index >= 15 is 0 Å². The molecule has 4 N–H and O–H groups in total. The summed E-state index contributed by atoms with van der Waals surface area (Å²) in [6, 6.07) is 14.6. The van der Waals surface area contributed by atoms with Crippen LogP contribution in [0.15, 0.2) is 79.3 Å². The first-order valence-corrected chi connectivity index (χ1v) is 25.4. The van der Waals surface area contributed by atoms with Gasteiger partial charge in [-0.1, -0.05) is 44.4 Å². The molecule has 9 rings (SSSR count). The number of ether oxygens (including phenoxy) is 1. The standard InChI is InChI=1S/C31H31F3N8O3S.C16H19N3O4.C5H10/c1-18(19-3-6-22(32)7-4-19)45-26-13-20(5-8-25(26)39-46(44)31(33)34)28-27-29(40(2)38-28)24(15-36-30(27)35)21-14-37-42(16-21)23-9-11-41(17-43)12-10-23;1-17-14(21)13(5-4-8-20)19-15(22)11-7-6-10(18(2)3)9-12(11)16(19)23;1-5-3-2-4-5/h3-8,13-18,23,31,39H,9-12H2,1-2H3,(H2,35,36);6-9,13H,4-5H2,1-3H3,(H,17,21);5H,2-4H2,1H3. The monoisotopic (exact) mass is 1040 g/mol. The number of aromatic nitrogens is 5. The zero-order valence-electron chi connectivity index (χ0n) is 42.0. The summed E-state index contributed by atoms with van der Waals surface area (Å²) in [7, 11) is 4.19. The predicted molar refractivity (Wildman–Crippen MR) is 276 cm³/mol. The van der Waals surface area contributed by atoms with Gasteiger partial charge in [0, 0.05) is 82.5 Å². The number of likely N-dealkylation sites (tertiary alicyclic amines) is 1. The Hall–Kier alpha value is -7.62. The number of nitrogens with two attached hydrogens (primary N) is 1. The lowest BCUT2D eigenvalue weighted by molar-refractivity contribution is -0.125. The highest BCUT2D eigenvalue weighted by molar-refractivity contribution is 7.86. The molecule has 3 aromatic heterocycles. The number of anilines is 3. The molecule has 1 saturated heterocycles. The number of amides is 4. The number of carbonyl (C=O) groups is 5. The van der Waals surface area contributed by atoms with Crippen LogP contribution in [-0.4, -0.2) is 115 Å². The van der Waals surface area contributed by atoms with E-state index < -0.39 is 52.4 Å². The number of aryl methyl sites for hydroxylation is 1. The third kappa shape index (κ3) is 12.1. The summed E-state index contributed by atoms with van der Waals surface area (Å²) in [6.45, 7) is 5.37. The summed E-state index contributed by atoms with van der Waals surface area (Å²) in [5.41, 5.74) is 11.8. The van der Waals surface area contributed by atoms with E-state index in [1.54, 1.807) is 78.4 Å². The third-order valence-corrected chi connectivity index (χ3v) is 14.1. The minimum absolute atomic E-state index is 0.0785. The molecule has 6 aromatic rings. The Morgan fingerprint density at radius 3 is 2.26 bits per heavy atom. The van der Waals surface area contributed by atoms with Crippen molar-refractivity contribution in [2.75, 3.05) is 49.6 Å². The van der Waals surface area contributed by atoms with Crippen LogP contribution >= 0.6 is 0 Å². The van der Waals surface area contributed by atoms with Crippen LogP contribution in [0.1, 0.15) is 97.2 Å². The van der Waals surface area contributed by atoms with E-state index in [0.717, 1.165) is 46.9 Å². The van der Waals surface area contributed by atoms with Crippen LogP contribution < -0.4 is 25.4 Å². The van der Waals surface area contributed by atoms with Crippen molar-refractivity contribution in [3.8, 4) is 28.1 Å². The molecule has 3 aliphatic rings. The molecule has 3 aromatic carbocycles. The average Bonchev–Trinajstić information content (AvgIpc) is 4.09. The van der Waals surface area contributed by atoms with Crippen LogP contribution in [0.5, 0.6) is 5.75 Å². The van der Waals surface area contributed by atoms with E-state index in [1.807, 2.05) is 29.9 Å². The quantitative estimate of drug-likeness (QED) is 0.0627. The number of pyridine rings is 1. The normalized spacial score (nSPS) is 15.8. The van der Waals surface area contributed by atoms with E-state index in [2.05, 4.69) is 27.0 Å². The number of halogens is 3. The number of nitrogens with zero attached hydrogens (tertiary/aromatic N) is 8.